The minimum absolute atomic E-state index is 0.0825. The summed E-state index contributed by atoms with van der Waals surface area (Å²) in [5, 5.41) is 6.62. The maximum Gasteiger partial charge on any atom is 0.280 e. The Bertz CT molecular complexity index is 1260. The van der Waals surface area contributed by atoms with Crippen molar-refractivity contribution in [2.45, 2.75) is 59.4 Å². The normalized spacial score (nSPS) is 12.3. The van der Waals surface area contributed by atoms with Gasteiger partial charge in [-0.3, -0.25) is 4.79 Å². The van der Waals surface area contributed by atoms with Gasteiger partial charge in [0.2, 0.25) is 5.96 Å². The van der Waals surface area contributed by atoms with Gasteiger partial charge in [-0.1, -0.05) is 55.8 Å². The number of carbonyl (C=O) groups is 1. The average Bonchev–Trinajstić information content (AvgIpc) is 2.95. The number of benzene rings is 3. The van der Waals surface area contributed by atoms with E-state index in [1.165, 1.54) is 6.07 Å². The highest BCUT2D eigenvalue weighted by atomic mass is 19.1. The van der Waals surface area contributed by atoms with Crippen molar-refractivity contribution in [2.24, 2.45) is 4.99 Å². The SMILES string of the molecule is CCN(CC)CCCC(C)N/C(=N\C(=O)c1cccc(F)c1CCc1cc(C)ccc1OC)Nc1ccccc1. The van der Waals surface area contributed by atoms with Gasteiger partial charge in [-0.05, 0) is 95.1 Å². The van der Waals surface area contributed by atoms with Gasteiger partial charge in [-0.2, -0.15) is 4.99 Å². The number of hydrogen-bond acceptors (Lipinski definition) is 3. The van der Waals surface area contributed by atoms with Crippen molar-refractivity contribution in [3.05, 3.63) is 94.8 Å². The summed E-state index contributed by atoms with van der Waals surface area (Å²) in [6.07, 6.45) is 2.83. The molecule has 1 amide bonds. The Kier molecular flexibility index (Phi) is 12.2. The van der Waals surface area contributed by atoms with Crippen molar-refractivity contribution < 1.29 is 13.9 Å². The standard InChI is InChI=1S/C33H43FN4O2/c1-6-38(7-2)22-12-13-25(4)35-33(36-27-14-9-8-10-15-27)37-32(39)29-16-11-17-30(34)28(29)20-19-26-23-24(3)18-21-31(26)40-5/h8-11,14-18,21,23,25H,6-7,12-13,19-20,22H2,1-5H3,(H2,35,36,37,39). The first-order valence-electron chi connectivity index (χ1n) is 14.2. The third-order valence-corrected chi connectivity index (χ3v) is 7.07. The largest absolute Gasteiger partial charge is 0.496 e. The summed E-state index contributed by atoms with van der Waals surface area (Å²) in [6, 6.07) is 20.2. The van der Waals surface area contributed by atoms with Crippen LogP contribution in [0.25, 0.3) is 0 Å². The predicted molar refractivity (Wildman–Crippen MR) is 163 cm³/mol. The van der Waals surface area contributed by atoms with Crippen molar-refractivity contribution >= 4 is 17.6 Å². The van der Waals surface area contributed by atoms with Gasteiger partial charge < -0.3 is 20.3 Å². The van der Waals surface area contributed by atoms with E-state index in [1.54, 1.807) is 19.2 Å². The first-order valence-corrected chi connectivity index (χ1v) is 14.2. The predicted octanol–water partition coefficient (Wildman–Crippen LogP) is 6.64. The Morgan fingerprint density at radius 3 is 2.48 bits per heavy atom. The fraction of sp³-hybridized carbons (Fsp3) is 0.394. The Morgan fingerprint density at radius 1 is 1.02 bits per heavy atom. The number of hydrogen-bond donors (Lipinski definition) is 2. The number of methoxy groups -OCH3 is 1. The molecule has 6 nitrogen and oxygen atoms in total. The Labute approximate surface area is 238 Å². The van der Waals surface area contributed by atoms with Gasteiger partial charge in [-0.25, -0.2) is 4.39 Å². The molecule has 2 N–H and O–H groups in total. The summed E-state index contributed by atoms with van der Waals surface area (Å²) < 4.78 is 20.6. The second-order valence-corrected chi connectivity index (χ2v) is 10.1. The average molecular weight is 547 g/mol. The molecule has 3 rings (SSSR count). The number of aryl methyl sites for hydroxylation is 2. The van der Waals surface area contributed by atoms with E-state index in [-0.39, 0.29) is 11.6 Å². The van der Waals surface area contributed by atoms with Gasteiger partial charge in [0.25, 0.3) is 5.91 Å². The van der Waals surface area contributed by atoms with E-state index in [9.17, 15) is 4.79 Å². The fourth-order valence-corrected chi connectivity index (χ4v) is 4.76. The minimum Gasteiger partial charge on any atom is -0.496 e. The number of aliphatic imine (C=N–C) groups is 1. The van der Waals surface area contributed by atoms with Gasteiger partial charge in [0, 0.05) is 22.9 Å². The second kappa shape index (κ2) is 15.8. The van der Waals surface area contributed by atoms with E-state index in [0.717, 1.165) is 55.0 Å². The van der Waals surface area contributed by atoms with E-state index >= 15 is 4.39 Å². The molecular weight excluding hydrogens is 503 g/mol. The molecule has 0 bridgehead atoms. The summed E-state index contributed by atoms with van der Waals surface area (Å²) in [5.74, 6) is 0.193. The van der Waals surface area contributed by atoms with Crippen molar-refractivity contribution in [3.8, 4) is 5.75 Å². The number of amides is 1. The zero-order valence-electron chi connectivity index (χ0n) is 24.5. The summed E-state index contributed by atoms with van der Waals surface area (Å²) in [4.78, 5) is 20.3. The smallest absolute Gasteiger partial charge is 0.280 e. The molecular formula is C33H43FN4O2. The quantitative estimate of drug-likeness (QED) is 0.186. The van der Waals surface area contributed by atoms with Gasteiger partial charge in [-0.15, -0.1) is 0 Å². The van der Waals surface area contributed by atoms with Crippen molar-refractivity contribution in [1.82, 2.24) is 10.2 Å². The number of guanidine groups is 1. The van der Waals surface area contributed by atoms with Crippen LogP contribution in [0, 0.1) is 12.7 Å². The lowest BCUT2D eigenvalue weighted by Gasteiger charge is -2.21. The maximum absolute atomic E-state index is 15.1. The monoisotopic (exact) mass is 546 g/mol. The number of ether oxygens (including phenoxy) is 1. The molecule has 1 unspecified atom stereocenters. The number of carbonyl (C=O) groups excluding carboxylic acids is 1. The second-order valence-electron chi connectivity index (χ2n) is 10.1. The molecule has 214 valence electrons. The van der Waals surface area contributed by atoms with Crippen LogP contribution >= 0.6 is 0 Å². The van der Waals surface area contributed by atoms with Gasteiger partial charge in [0.05, 0.1) is 7.11 Å². The zero-order valence-corrected chi connectivity index (χ0v) is 24.5. The van der Waals surface area contributed by atoms with E-state index in [4.69, 9.17) is 4.74 Å². The van der Waals surface area contributed by atoms with Crippen molar-refractivity contribution in [2.75, 3.05) is 32.1 Å². The van der Waals surface area contributed by atoms with Crippen LogP contribution in [0.3, 0.4) is 0 Å². The molecule has 0 aliphatic heterocycles. The van der Waals surface area contributed by atoms with Crippen LogP contribution in [-0.4, -0.2) is 49.6 Å². The molecule has 3 aromatic carbocycles. The van der Waals surface area contributed by atoms with Crippen molar-refractivity contribution in [3.63, 3.8) is 0 Å². The first kappa shape index (κ1) is 30.8. The number of nitrogens with one attached hydrogen (secondary N) is 2. The Morgan fingerprint density at radius 2 is 1.77 bits per heavy atom. The molecule has 0 aliphatic rings. The van der Waals surface area contributed by atoms with Gasteiger partial charge >= 0.3 is 0 Å². The number of para-hydroxylation sites is 1. The van der Waals surface area contributed by atoms with E-state index < -0.39 is 11.7 Å². The molecule has 0 saturated heterocycles. The third kappa shape index (κ3) is 9.19. The molecule has 40 heavy (non-hydrogen) atoms. The summed E-state index contributed by atoms with van der Waals surface area (Å²) in [7, 11) is 1.62. The van der Waals surface area contributed by atoms with E-state index in [2.05, 4.69) is 41.3 Å². The first-order chi connectivity index (χ1) is 19.3. The van der Waals surface area contributed by atoms with E-state index in [1.807, 2.05) is 55.5 Å². The third-order valence-electron chi connectivity index (χ3n) is 7.07. The van der Waals surface area contributed by atoms with Gasteiger partial charge in [0.1, 0.15) is 11.6 Å². The number of anilines is 1. The highest BCUT2D eigenvalue weighted by molar-refractivity contribution is 6.07. The molecule has 0 aliphatic carbocycles. The molecule has 0 radical (unpaired) electrons. The van der Waals surface area contributed by atoms with Crippen LogP contribution in [0.1, 0.15) is 60.7 Å². The maximum atomic E-state index is 15.1. The molecule has 7 heteroatoms. The van der Waals surface area contributed by atoms with E-state index in [0.29, 0.717) is 24.4 Å². The van der Waals surface area contributed by atoms with Gasteiger partial charge in [0.15, 0.2) is 0 Å². The number of nitrogens with zero attached hydrogens (tertiary/aromatic N) is 2. The lowest BCUT2D eigenvalue weighted by molar-refractivity contribution is 0.100. The summed E-state index contributed by atoms with van der Waals surface area (Å²) in [6.45, 7) is 11.5. The molecule has 0 saturated carbocycles. The Hall–Kier alpha value is -3.71. The lowest BCUT2D eigenvalue weighted by Crippen LogP contribution is -2.38. The van der Waals surface area contributed by atoms with Crippen LogP contribution in [0.4, 0.5) is 10.1 Å². The number of rotatable bonds is 13. The van der Waals surface area contributed by atoms with Crippen LogP contribution in [0.15, 0.2) is 71.7 Å². The summed E-state index contributed by atoms with van der Waals surface area (Å²) >= 11 is 0. The summed E-state index contributed by atoms with van der Waals surface area (Å²) in [5.41, 5.74) is 3.49. The zero-order chi connectivity index (χ0) is 28.9. The molecule has 0 spiro atoms. The molecule has 0 aromatic heterocycles. The topological polar surface area (TPSA) is 66.0 Å². The number of halogens is 1. The van der Waals surface area contributed by atoms with Crippen molar-refractivity contribution in [1.29, 1.82) is 0 Å². The minimum atomic E-state index is -0.494. The highest BCUT2D eigenvalue weighted by Gasteiger charge is 2.18. The van der Waals surface area contributed by atoms with Crippen LogP contribution in [0.2, 0.25) is 0 Å². The molecule has 1 atom stereocenters. The highest BCUT2D eigenvalue weighted by Crippen LogP contribution is 2.24. The van der Waals surface area contributed by atoms with Crippen LogP contribution < -0.4 is 15.4 Å². The van der Waals surface area contributed by atoms with Crippen LogP contribution in [-0.2, 0) is 12.8 Å². The lowest BCUT2D eigenvalue weighted by atomic mass is 9.97. The molecule has 0 fully saturated rings. The molecule has 0 heterocycles. The molecule has 3 aromatic rings. The Balaban J connectivity index is 1.82. The van der Waals surface area contributed by atoms with Crippen LogP contribution in [0.5, 0.6) is 5.75 Å². The fourth-order valence-electron chi connectivity index (χ4n) is 4.76.